The van der Waals surface area contributed by atoms with Gasteiger partial charge in [0.2, 0.25) is 0 Å². The van der Waals surface area contributed by atoms with E-state index < -0.39 is 17.3 Å². The zero-order chi connectivity index (χ0) is 16.3. The lowest BCUT2D eigenvalue weighted by Crippen LogP contribution is -2.40. The Morgan fingerprint density at radius 2 is 2.00 bits per heavy atom. The Balaban J connectivity index is 2.41. The van der Waals surface area contributed by atoms with Crippen LogP contribution in [0.5, 0.6) is 0 Å². The van der Waals surface area contributed by atoms with Crippen molar-refractivity contribution in [2.45, 2.75) is 20.3 Å². The van der Waals surface area contributed by atoms with Gasteiger partial charge in [0.25, 0.3) is 0 Å². The van der Waals surface area contributed by atoms with Crippen molar-refractivity contribution in [3.8, 4) is 0 Å². The topological polar surface area (TPSA) is 76.0 Å². The maximum absolute atomic E-state index is 12.2. The highest BCUT2D eigenvalue weighted by molar-refractivity contribution is 6.15. The van der Waals surface area contributed by atoms with E-state index in [0.717, 1.165) is 0 Å². The fourth-order valence-corrected chi connectivity index (χ4v) is 2.62. The quantitative estimate of drug-likeness (QED) is 0.688. The summed E-state index contributed by atoms with van der Waals surface area (Å²) in [5.41, 5.74) is 0.0341. The molecule has 22 heavy (non-hydrogen) atoms. The van der Waals surface area contributed by atoms with Gasteiger partial charge in [-0.25, -0.2) is 0 Å². The summed E-state index contributed by atoms with van der Waals surface area (Å²) in [6, 6.07) is 9.07. The summed E-state index contributed by atoms with van der Waals surface area (Å²) in [7, 11) is 1.26. The number of carbonyl (C=O) groups is 2. The number of aliphatic hydroxyl groups is 1. The predicted molar refractivity (Wildman–Crippen MR) is 83.2 cm³/mol. The molecule has 0 amide bonds. The maximum Gasteiger partial charge on any atom is 0.316 e. The van der Waals surface area contributed by atoms with Gasteiger partial charge in [0.1, 0.15) is 11.7 Å². The molecule has 1 aliphatic rings. The average Bonchev–Trinajstić information content (AvgIpc) is 2.46. The number of methoxy groups -OCH3 is 1. The lowest BCUT2D eigenvalue weighted by Gasteiger charge is -2.35. The van der Waals surface area contributed by atoms with E-state index in [4.69, 9.17) is 4.74 Å². The minimum Gasteiger partial charge on any atom is -0.511 e. The summed E-state index contributed by atoms with van der Waals surface area (Å²) in [6.07, 6.45) is 1.46. The Kier molecular flexibility index (Phi) is 4.45. The summed E-state index contributed by atoms with van der Waals surface area (Å²) in [4.78, 5) is 28.4. The molecular weight excluding hydrogens is 282 g/mol. The van der Waals surface area contributed by atoms with Crippen LogP contribution in [0.25, 0.3) is 0 Å². The first-order valence-corrected chi connectivity index (χ1v) is 7.00. The number of hydrogen-bond acceptors (Lipinski definition) is 5. The summed E-state index contributed by atoms with van der Waals surface area (Å²) in [6.45, 7) is 3.52. The molecule has 0 aromatic heterocycles. The zero-order valence-corrected chi connectivity index (χ0v) is 12.9. The predicted octanol–water partition coefficient (Wildman–Crippen LogP) is 2.99. The van der Waals surface area contributed by atoms with Gasteiger partial charge < -0.3 is 9.84 Å². The van der Waals surface area contributed by atoms with E-state index >= 15 is 0 Å². The summed E-state index contributed by atoms with van der Waals surface area (Å²) in [5, 5.41) is 10.4. The summed E-state index contributed by atoms with van der Waals surface area (Å²) < 4.78 is 4.75. The van der Waals surface area contributed by atoms with Crippen LogP contribution in [0.3, 0.4) is 0 Å². The van der Waals surface area contributed by atoms with Crippen LogP contribution in [0.15, 0.2) is 46.7 Å². The Morgan fingerprint density at radius 1 is 1.36 bits per heavy atom. The normalized spacial score (nSPS) is 21.2. The number of ketones is 1. The number of ether oxygens (including phenoxy) is 1. The third-order valence-corrected chi connectivity index (χ3v) is 3.78. The van der Waals surface area contributed by atoms with Crippen molar-refractivity contribution >= 4 is 23.7 Å². The number of nitrogens with zero attached hydrogens (tertiary/aromatic N) is 1. The molecule has 0 bridgehead atoms. The second kappa shape index (κ2) is 6.13. The van der Waals surface area contributed by atoms with Gasteiger partial charge in [-0.2, -0.15) is 0 Å². The van der Waals surface area contributed by atoms with Crippen LogP contribution in [0.2, 0.25) is 0 Å². The Morgan fingerprint density at radius 3 is 2.59 bits per heavy atom. The van der Waals surface area contributed by atoms with Gasteiger partial charge in [0.05, 0.1) is 18.4 Å². The van der Waals surface area contributed by atoms with Gasteiger partial charge in [0, 0.05) is 12.6 Å². The minimum absolute atomic E-state index is 0.0681. The SMILES string of the molecule is COC(=O)C1C(O)=C(C=Nc2ccccc2)C(=O)CC1(C)C. The van der Waals surface area contributed by atoms with Crippen LogP contribution in [-0.4, -0.2) is 30.2 Å². The van der Waals surface area contributed by atoms with Gasteiger partial charge in [0.15, 0.2) is 5.78 Å². The van der Waals surface area contributed by atoms with Gasteiger partial charge >= 0.3 is 5.97 Å². The molecule has 1 aromatic rings. The number of para-hydroxylation sites is 1. The molecule has 0 saturated carbocycles. The molecule has 1 aromatic carbocycles. The Bertz CT molecular complexity index is 644. The number of Topliss-reactive ketones (excluding diaryl/α,β-unsaturated/α-hetero) is 1. The number of esters is 1. The Hall–Kier alpha value is -2.43. The fraction of sp³-hybridized carbons (Fsp3) is 0.353. The average molecular weight is 301 g/mol. The molecule has 0 heterocycles. The lowest BCUT2D eigenvalue weighted by molar-refractivity contribution is -0.150. The first kappa shape index (κ1) is 15.9. The van der Waals surface area contributed by atoms with Crippen molar-refractivity contribution in [2.24, 2.45) is 16.3 Å². The molecule has 0 saturated heterocycles. The molecule has 1 atom stereocenters. The van der Waals surface area contributed by atoms with Crippen molar-refractivity contribution in [1.82, 2.24) is 0 Å². The second-order valence-corrected chi connectivity index (χ2v) is 5.94. The standard InChI is InChI=1S/C17H19NO4/c1-17(2)9-13(19)12(15(20)14(17)16(21)22-3)10-18-11-7-5-4-6-8-11/h4-8,10,14,20H,9H2,1-3H3. The molecule has 116 valence electrons. The first-order chi connectivity index (χ1) is 10.4. The highest BCUT2D eigenvalue weighted by Gasteiger charge is 2.46. The van der Waals surface area contributed by atoms with E-state index in [1.165, 1.54) is 13.3 Å². The molecule has 0 radical (unpaired) electrons. The number of benzene rings is 1. The van der Waals surface area contributed by atoms with Crippen LogP contribution in [-0.2, 0) is 14.3 Å². The molecule has 1 N–H and O–H groups in total. The monoisotopic (exact) mass is 301 g/mol. The van der Waals surface area contributed by atoms with Crippen molar-refractivity contribution < 1.29 is 19.4 Å². The number of hydrogen-bond donors (Lipinski definition) is 1. The van der Waals surface area contributed by atoms with E-state index in [1.54, 1.807) is 26.0 Å². The van der Waals surface area contributed by atoms with E-state index in [9.17, 15) is 14.7 Å². The third kappa shape index (κ3) is 3.08. The molecule has 0 fully saturated rings. The lowest BCUT2D eigenvalue weighted by atomic mass is 9.68. The fourth-order valence-electron chi connectivity index (χ4n) is 2.62. The number of rotatable bonds is 3. The van der Waals surface area contributed by atoms with E-state index in [0.29, 0.717) is 5.69 Å². The van der Waals surface area contributed by atoms with Gasteiger partial charge in [-0.1, -0.05) is 32.0 Å². The Labute approximate surface area is 129 Å². The molecule has 0 aliphatic heterocycles. The number of carbonyl (C=O) groups excluding carboxylic acids is 2. The largest absolute Gasteiger partial charge is 0.511 e. The highest BCUT2D eigenvalue weighted by atomic mass is 16.5. The minimum atomic E-state index is -0.868. The summed E-state index contributed by atoms with van der Waals surface area (Å²) in [5.74, 6) is -1.93. The molecule has 0 spiro atoms. The maximum atomic E-state index is 12.2. The first-order valence-electron chi connectivity index (χ1n) is 7.00. The number of aliphatic imine (C=N–C) groups is 1. The van der Waals surface area contributed by atoms with E-state index in [2.05, 4.69) is 4.99 Å². The number of allylic oxidation sites excluding steroid dienone is 1. The summed E-state index contributed by atoms with van der Waals surface area (Å²) >= 11 is 0. The van der Waals surface area contributed by atoms with Crippen LogP contribution < -0.4 is 0 Å². The van der Waals surface area contributed by atoms with Crippen molar-refractivity contribution in [3.05, 3.63) is 41.7 Å². The molecule has 5 heteroatoms. The van der Waals surface area contributed by atoms with Gasteiger partial charge in [-0.05, 0) is 17.5 Å². The van der Waals surface area contributed by atoms with Crippen LogP contribution in [0.1, 0.15) is 20.3 Å². The van der Waals surface area contributed by atoms with E-state index in [1.807, 2.05) is 18.2 Å². The third-order valence-electron chi connectivity index (χ3n) is 3.78. The van der Waals surface area contributed by atoms with Crippen LogP contribution >= 0.6 is 0 Å². The molecule has 5 nitrogen and oxygen atoms in total. The van der Waals surface area contributed by atoms with Crippen molar-refractivity contribution in [2.75, 3.05) is 7.11 Å². The molecule has 1 unspecified atom stereocenters. The zero-order valence-electron chi connectivity index (χ0n) is 12.9. The molecule has 2 rings (SSSR count). The van der Waals surface area contributed by atoms with E-state index in [-0.39, 0.29) is 23.5 Å². The smallest absolute Gasteiger partial charge is 0.316 e. The van der Waals surface area contributed by atoms with Crippen LogP contribution in [0, 0.1) is 11.3 Å². The second-order valence-electron chi connectivity index (χ2n) is 5.94. The van der Waals surface area contributed by atoms with Gasteiger partial charge in [-0.15, -0.1) is 0 Å². The van der Waals surface area contributed by atoms with Crippen molar-refractivity contribution in [3.63, 3.8) is 0 Å². The van der Waals surface area contributed by atoms with Crippen molar-refractivity contribution in [1.29, 1.82) is 0 Å². The number of aliphatic hydroxyl groups excluding tert-OH is 1. The molecular formula is C17H19NO4. The molecule has 1 aliphatic carbocycles. The van der Waals surface area contributed by atoms with Crippen LogP contribution in [0.4, 0.5) is 5.69 Å². The van der Waals surface area contributed by atoms with Gasteiger partial charge in [-0.3, -0.25) is 14.6 Å². The highest BCUT2D eigenvalue weighted by Crippen LogP contribution is 2.41.